The Morgan fingerprint density at radius 2 is 2.33 bits per heavy atom. The molecule has 0 radical (unpaired) electrons. The molecule has 1 amide bonds. The standard InChI is InChI=1S/C10H13ClN2O2/c1-6(5-12)13-10(15)7-2-3-9(14)8(11)4-7/h2-4,6,14H,5,12H2,1H3,(H,13,15). The average Bonchev–Trinajstić information content (AvgIpc) is 2.21. The summed E-state index contributed by atoms with van der Waals surface area (Å²) in [5, 5.41) is 12.0. The number of nitrogens with two attached hydrogens (primary N) is 1. The van der Waals surface area contributed by atoms with Gasteiger partial charge in [-0.2, -0.15) is 0 Å². The second-order valence-corrected chi connectivity index (χ2v) is 3.68. The van der Waals surface area contributed by atoms with Gasteiger partial charge in [0.05, 0.1) is 5.02 Å². The van der Waals surface area contributed by atoms with Crippen molar-refractivity contribution in [3.8, 4) is 5.75 Å². The van der Waals surface area contributed by atoms with Crippen molar-refractivity contribution in [2.45, 2.75) is 13.0 Å². The van der Waals surface area contributed by atoms with Crippen LogP contribution in [0, 0.1) is 0 Å². The number of phenols is 1. The fraction of sp³-hybridized carbons (Fsp3) is 0.300. The van der Waals surface area contributed by atoms with Crippen molar-refractivity contribution < 1.29 is 9.90 Å². The molecule has 0 saturated heterocycles. The van der Waals surface area contributed by atoms with Crippen molar-refractivity contribution in [2.75, 3.05) is 6.54 Å². The van der Waals surface area contributed by atoms with Gasteiger partial charge in [-0.05, 0) is 25.1 Å². The van der Waals surface area contributed by atoms with Crippen LogP contribution in [0.3, 0.4) is 0 Å². The van der Waals surface area contributed by atoms with Gasteiger partial charge in [-0.25, -0.2) is 0 Å². The summed E-state index contributed by atoms with van der Waals surface area (Å²) in [5.41, 5.74) is 5.77. The summed E-state index contributed by atoms with van der Waals surface area (Å²) >= 11 is 5.67. The summed E-state index contributed by atoms with van der Waals surface area (Å²) in [4.78, 5) is 11.6. The summed E-state index contributed by atoms with van der Waals surface area (Å²) in [5.74, 6) is -0.296. The molecule has 4 nitrogen and oxygen atoms in total. The normalized spacial score (nSPS) is 12.2. The van der Waals surface area contributed by atoms with Gasteiger partial charge in [0.15, 0.2) is 0 Å². The Balaban J connectivity index is 2.78. The minimum absolute atomic E-state index is 0.0416. The van der Waals surface area contributed by atoms with Crippen LogP contribution in [0.5, 0.6) is 5.75 Å². The molecule has 1 unspecified atom stereocenters. The number of rotatable bonds is 3. The van der Waals surface area contributed by atoms with Crippen molar-refractivity contribution in [3.63, 3.8) is 0 Å². The van der Waals surface area contributed by atoms with Crippen LogP contribution in [0.1, 0.15) is 17.3 Å². The van der Waals surface area contributed by atoms with Gasteiger partial charge in [-0.1, -0.05) is 11.6 Å². The molecule has 0 aliphatic rings. The number of nitrogens with one attached hydrogen (secondary N) is 1. The minimum atomic E-state index is -0.255. The summed E-state index contributed by atoms with van der Waals surface area (Å²) in [6.45, 7) is 2.18. The van der Waals surface area contributed by atoms with Gasteiger partial charge in [-0.3, -0.25) is 4.79 Å². The maximum atomic E-state index is 11.6. The highest BCUT2D eigenvalue weighted by molar-refractivity contribution is 6.32. The molecule has 5 heteroatoms. The zero-order valence-electron chi connectivity index (χ0n) is 8.33. The second kappa shape index (κ2) is 5.00. The summed E-state index contributed by atoms with van der Waals surface area (Å²) in [6, 6.07) is 4.20. The molecule has 0 bridgehead atoms. The molecule has 0 spiro atoms. The molecule has 1 atom stereocenters. The Morgan fingerprint density at radius 3 is 2.87 bits per heavy atom. The highest BCUT2D eigenvalue weighted by Crippen LogP contribution is 2.23. The van der Waals surface area contributed by atoms with E-state index in [1.165, 1.54) is 18.2 Å². The van der Waals surface area contributed by atoms with Crippen LogP contribution in [0.4, 0.5) is 0 Å². The Hall–Kier alpha value is -1.26. The number of hydrogen-bond acceptors (Lipinski definition) is 3. The molecule has 0 aromatic heterocycles. The van der Waals surface area contributed by atoms with Gasteiger partial charge >= 0.3 is 0 Å². The van der Waals surface area contributed by atoms with E-state index in [1.807, 2.05) is 0 Å². The Bertz CT molecular complexity index is 368. The Labute approximate surface area is 93.0 Å². The number of hydrogen-bond donors (Lipinski definition) is 3. The lowest BCUT2D eigenvalue weighted by molar-refractivity contribution is 0.0941. The maximum absolute atomic E-state index is 11.6. The fourth-order valence-corrected chi connectivity index (χ4v) is 1.19. The fourth-order valence-electron chi connectivity index (χ4n) is 1.01. The van der Waals surface area contributed by atoms with E-state index in [1.54, 1.807) is 6.92 Å². The molecule has 82 valence electrons. The lowest BCUT2D eigenvalue weighted by Crippen LogP contribution is -2.37. The SMILES string of the molecule is CC(CN)NC(=O)c1ccc(O)c(Cl)c1. The van der Waals surface area contributed by atoms with Gasteiger partial charge in [0, 0.05) is 18.2 Å². The predicted molar refractivity (Wildman–Crippen MR) is 59.1 cm³/mol. The molecule has 4 N–H and O–H groups in total. The van der Waals surface area contributed by atoms with Crippen LogP contribution >= 0.6 is 11.6 Å². The molecule has 1 aromatic carbocycles. The molecular weight excluding hydrogens is 216 g/mol. The van der Waals surface area contributed by atoms with Gasteiger partial charge in [-0.15, -0.1) is 0 Å². The van der Waals surface area contributed by atoms with Crippen LogP contribution in [-0.2, 0) is 0 Å². The number of amides is 1. The van der Waals surface area contributed by atoms with Crippen LogP contribution in [0.2, 0.25) is 5.02 Å². The van der Waals surface area contributed by atoms with E-state index in [4.69, 9.17) is 22.4 Å². The molecule has 0 heterocycles. The smallest absolute Gasteiger partial charge is 0.251 e. The molecule has 15 heavy (non-hydrogen) atoms. The van der Waals surface area contributed by atoms with Crippen LogP contribution in [-0.4, -0.2) is 23.6 Å². The number of halogens is 1. The van der Waals surface area contributed by atoms with E-state index in [9.17, 15) is 4.79 Å². The first-order valence-electron chi connectivity index (χ1n) is 4.54. The van der Waals surface area contributed by atoms with E-state index in [0.717, 1.165) is 0 Å². The van der Waals surface area contributed by atoms with Crippen LogP contribution < -0.4 is 11.1 Å². The Morgan fingerprint density at radius 1 is 1.67 bits per heavy atom. The summed E-state index contributed by atoms with van der Waals surface area (Å²) in [7, 11) is 0. The first-order valence-corrected chi connectivity index (χ1v) is 4.92. The van der Waals surface area contributed by atoms with Crippen molar-refractivity contribution in [1.29, 1.82) is 0 Å². The van der Waals surface area contributed by atoms with Crippen molar-refractivity contribution in [3.05, 3.63) is 28.8 Å². The molecule has 0 fully saturated rings. The third-order valence-corrected chi connectivity index (χ3v) is 2.24. The van der Waals surface area contributed by atoms with Crippen molar-refractivity contribution in [1.82, 2.24) is 5.32 Å². The van der Waals surface area contributed by atoms with Gasteiger partial charge in [0.25, 0.3) is 5.91 Å². The van der Waals surface area contributed by atoms with Gasteiger partial charge in [0.1, 0.15) is 5.75 Å². The van der Waals surface area contributed by atoms with Crippen molar-refractivity contribution in [2.24, 2.45) is 5.73 Å². The quantitative estimate of drug-likeness (QED) is 0.726. The molecular formula is C10H13ClN2O2. The predicted octanol–water partition coefficient (Wildman–Crippen LogP) is 1.12. The first-order chi connectivity index (χ1) is 7.04. The molecule has 0 saturated carbocycles. The largest absolute Gasteiger partial charge is 0.506 e. The maximum Gasteiger partial charge on any atom is 0.251 e. The number of carbonyl (C=O) groups excluding carboxylic acids is 1. The van der Waals surface area contributed by atoms with E-state index < -0.39 is 0 Å². The van der Waals surface area contributed by atoms with E-state index >= 15 is 0 Å². The van der Waals surface area contributed by atoms with Crippen LogP contribution in [0.25, 0.3) is 0 Å². The molecule has 0 aliphatic heterocycles. The third-order valence-electron chi connectivity index (χ3n) is 1.94. The first kappa shape index (κ1) is 11.8. The van der Waals surface area contributed by atoms with E-state index in [0.29, 0.717) is 12.1 Å². The minimum Gasteiger partial charge on any atom is -0.506 e. The van der Waals surface area contributed by atoms with E-state index in [-0.39, 0.29) is 22.7 Å². The highest BCUT2D eigenvalue weighted by atomic mass is 35.5. The third kappa shape index (κ3) is 3.11. The number of aromatic hydroxyl groups is 1. The Kier molecular flexibility index (Phi) is 3.94. The molecule has 0 aliphatic carbocycles. The zero-order chi connectivity index (χ0) is 11.4. The van der Waals surface area contributed by atoms with E-state index in [2.05, 4.69) is 5.32 Å². The van der Waals surface area contributed by atoms with Crippen molar-refractivity contribution >= 4 is 17.5 Å². The lowest BCUT2D eigenvalue weighted by Gasteiger charge is -2.11. The van der Waals surface area contributed by atoms with Gasteiger partial charge in [0.2, 0.25) is 0 Å². The number of carbonyl (C=O) groups is 1. The van der Waals surface area contributed by atoms with Gasteiger partial charge < -0.3 is 16.2 Å². The lowest BCUT2D eigenvalue weighted by atomic mass is 10.2. The summed E-state index contributed by atoms with van der Waals surface area (Å²) < 4.78 is 0. The zero-order valence-corrected chi connectivity index (χ0v) is 9.08. The molecule has 1 rings (SSSR count). The summed E-state index contributed by atoms with van der Waals surface area (Å²) in [6.07, 6.45) is 0. The highest BCUT2D eigenvalue weighted by Gasteiger charge is 2.10. The van der Waals surface area contributed by atoms with Crippen LogP contribution in [0.15, 0.2) is 18.2 Å². The topological polar surface area (TPSA) is 75.3 Å². The number of phenolic OH excluding ortho intramolecular Hbond substituents is 1. The monoisotopic (exact) mass is 228 g/mol. The second-order valence-electron chi connectivity index (χ2n) is 3.28. The molecule has 1 aromatic rings. The number of benzene rings is 1. The average molecular weight is 229 g/mol.